The van der Waals surface area contributed by atoms with Crippen LogP contribution in [0.5, 0.6) is 0 Å². The maximum Gasteiger partial charge on any atom is 0.305 e. The molecule has 0 radical (unpaired) electrons. The van der Waals surface area contributed by atoms with Gasteiger partial charge in [0.15, 0.2) is 5.11 Å². The van der Waals surface area contributed by atoms with Crippen molar-refractivity contribution in [2.45, 2.75) is 32.6 Å². The van der Waals surface area contributed by atoms with Crippen molar-refractivity contribution in [3.8, 4) is 0 Å². The monoisotopic (exact) mass is 312 g/mol. The number of anilines is 1. The lowest BCUT2D eigenvalue weighted by atomic mass is 10.2. The number of hydrogen-bond donors (Lipinski definition) is 2. The lowest BCUT2D eigenvalue weighted by Crippen LogP contribution is -2.29. The van der Waals surface area contributed by atoms with Gasteiger partial charge < -0.3 is 15.4 Å². The van der Waals surface area contributed by atoms with Crippen molar-refractivity contribution in [2.24, 2.45) is 0 Å². The highest BCUT2D eigenvalue weighted by atomic mass is 32.1. The van der Waals surface area contributed by atoms with Gasteiger partial charge in [0, 0.05) is 13.0 Å². The van der Waals surface area contributed by atoms with Crippen molar-refractivity contribution in [3.05, 3.63) is 29.6 Å². The van der Waals surface area contributed by atoms with Crippen molar-refractivity contribution in [2.75, 3.05) is 19.0 Å². The van der Waals surface area contributed by atoms with E-state index in [9.17, 15) is 9.18 Å². The minimum Gasteiger partial charge on any atom is -0.469 e. The number of halogens is 1. The molecular formula is C15H21FN2O2S. The number of carbonyl (C=O) groups is 1. The second-order valence-electron chi connectivity index (χ2n) is 4.75. The number of esters is 1. The standard InChI is InChI=1S/C15H21FN2O2S/c1-11-7-8-12(16)13(10-11)18-15(21)17-9-5-3-4-6-14(19)20-2/h7-8,10H,3-6,9H2,1-2H3,(H2,17,18,21). The Hall–Kier alpha value is -1.69. The molecule has 1 aromatic rings. The van der Waals surface area contributed by atoms with E-state index < -0.39 is 0 Å². The molecule has 0 amide bonds. The van der Waals surface area contributed by atoms with Gasteiger partial charge in [-0.05, 0) is 49.7 Å². The SMILES string of the molecule is COC(=O)CCCCCNC(=S)Nc1cc(C)ccc1F. The molecule has 6 heteroatoms. The van der Waals surface area contributed by atoms with Crippen LogP contribution in [0.1, 0.15) is 31.2 Å². The van der Waals surface area contributed by atoms with Gasteiger partial charge in [0.05, 0.1) is 12.8 Å². The highest BCUT2D eigenvalue weighted by Gasteiger charge is 2.04. The predicted molar refractivity (Wildman–Crippen MR) is 85.8 cm³/mol. The number of rotatable bonds is 7. The number of thiocarbonyl (C=S) groups is 1. The van der Waals surface area contributed by atoms with E-state index in [2.05, 4.69) is 15.4 Å². The lowest BCUT2D eigenvalue weighted by molar-refractivity contribution is -0.140. The summed E-state index contributed by atoms with van der Waals surface area (Å²) < 4.78 is 18.1. The maximum absolute atomic E-state index is 13.5. The van der Waals surface area contributed by atoms with Crippen molar-refractivity contribution in [3.63, 3.8) is 0 Å². The zero-order chi connectivity index (χ0) is 15.7. The van der Waals surface area contributed by atoms with Crippen LogP contribution in [-0.4, -0.2) is 24.7 Å². The normalized spacial score (nSPS) is 10.0. The molecule has 0 spiro atoms. The molecule has 0 aliphatic carbocycles. The molecule has 0 aliphatic heterocycles. The Balaban J connectivity index is 2.20. The lowest BCUT2D eigenvalue weighted by Gasteiger charge is -2.11. The topological polar surface area (TPSA) is 50.4 Å². The zero-order valence-corrected chi connectivity index (χ0v) is 13.2. The molecule has 0 atom stereocenters. The maximum atomic E-state index is 13.5. The number of carbonyl (C=O) groups excluding carboxylic acids is 1. The first-order chi connectivity index (χ1) is 10.0. The summed E-state index contributed by atoms with van der Waals surface area (Å²) in [5.41, 5.74) is 1.34. The smallest absolute Gasteiger partial charge is 0.305 e. The van der Waals surface area contributed by atoms with Gasteiger partial charge in [0.1, 0.15) is 5.82 Å². The molecule has 1 rings (SSSR count). The van der Waals surface area contributed by atoms with Crippen molar-refractivity contribution in [1.29, 1.82) is 0 Å². The van der Waals surface area contributed by atoms with Gasteiger partial charge in [-0.25, -0.2) is 4.39 Å². The molecule has 2 N–H and O–H groups in total. The van der Waals surface area contributed by atoms with Crippen molar-refractivity contribution < 1.29 is 13.9 Å². The summed E-state index contributed by atoms with van der Waals surface area (Å²) in [6.07, 6.45) is 3.02. The van der Waals surface area contributed by atoms with Crippen LogP contribution in [0.3, 0.4) is 0 Å². The van der Waals surface area contributed by atoms with Crippen LogP contribution < -0.4 is 10.6 Å². The third-order valence-electron chi connectivity index (χ3n) is 2.94. The Bertz CT molecular complexity index is 495. The van der Waals surface area contributed by atoms with Gasteiger partial charge >= 0.3 is 5.97 Å². The number of ether oxygens (including phenoxy) is 1. The van der Waals surface area contributed by atoms with Crippen LogP contribution >= 0.6 is 12.2 Å². The van der Waals surface area contributed by atoms with E-state index >= 15 is 0 Å². The number of benzene rings is 1. The number of nitrogens with one attached hydrogen (secondary N) is 2. The van der Waals surface area contributed by atoms with E-state index in [0.717, 1.165) is 24.8 Å². The third-order valence-corrected chi connectivity index (χ3v) is 3.19. The largest absolute Gasteiger partial charge is 0.469 e. The average Bonchev–Trinajstić information content (AvgIpc) is 2.46. The first-order valence-electron chi connectivity index (χ1n) is 6.90. The van der Waals surface area contributed by atoms with Crippen LogP contribution in [0.4, 0.5) is 10.1 Å². The van der Waals surface area contributed by atoms with Crippen molar-refractivity contribution in [1.82, 2.24) is 5.32 Å². The van der Waals surface area contributed by atoms with Crippen LogP contribution in [-0.2, 0) is 9.53 Å². The van der Waals surface area contributed by atoms with E-state index in [0.29, 0.717) is 23.8 Å². The summed E-state index contributed by atoms with van der Waals surface area (Å²) in [6, 6.07) is 4.82. The summed E-state index contributed by atoms with van der Waals surface area (Å²) in [5, 5.41) is 6.25. The summed E-state index contributed by atoms with van der Waals surface area (Å²) in [6.45, 7) is 2.57. The average molecular weight is 312 g/mol. The summed E-state index contributed by atoms with van der Waals surface area (Å²) in [4.78, 5) is 10.9. The van der Waals surface area contributed by atoms with Gasteiger partial charge in [0.25, 0.3) is 0 Å². The van der Waals surface area contributed by atoms with E-state index in [1.165, 1.54) is 13.2 Å². The van der Waals surface area contributed by atoms with E-state index in [-0.39, 0.29) is 11.8 Å². The minimum absolute atomic E-state index is 0.185. The summed E-state index contributed by atoms with van der Waals surface area (Å²) in [7, 11) is 1.39. The second-order valence-corrected chi connectivity index (χ2v) is 5.16. The molecule has 4 nitrogen and oxygen atoms in total. The Morgan fingerprint density at radius 3 is 2.81 bits per heavy atom. The molecule has 116 valence electrons. The predicted octanol–water partition coefficient (Wildman–Crippen LogP) is 3.15. The van der Waals surface area contributed by atoms with Crippen LogP contribution in [0, 0.1) is 12.7 Å². The minimum atomic E-state index is -0.331. The first-order valence-corrected chi connectivity index (χ1v) is 7.31. The van der Waals surface area contributed by atoms with Gasteiger partial charge in [-0.2, -0.15) is 0 Å². The van der Waals surface area contributed by atoms with E-state index in [1.54, 1.807) is 12.1 Å². The molecule has 0 bridgehead atoms. The fraction of sp³-hybridized carbons (Fsp3) is 0.467. The van der Waals surface area contributed by atoms with Crippen LogP contribution in [0.2, 0.25) is 0 Å². The molecule has 21 heavy (non-hydrogen) atoms. The Kier molecular flexibility index (Phi) is 7.68. The fourth-order valence-corrected chi connectivity index (χ4v) is 1.99. The van der Waals surface area contributed by atoms with Gasteiger partial charge in [-0.1, -0.05) is 12.5 Å². The molecule has 0 fully saturated rings. The highest BCUT2D eigenvalue weighted by Crippen LogP contribution is 2.15. The first kappa shape index (κ1) is 17.4. The molecular weight excluding hydrogens is 291 g/mol. The number of aryl methyl sites for hydroxylation is 1. The van der Waals surface area contributed by atoms with Gasteiger partial charge in [-0.15, -0.1) is 0 Å². The molecule has 1 aromatic carbocycles. The van der Waals surface area contributed by atoms with Crippen LogP contribution in [0.25, 0.3) is 0 Å². The van der Waals surface area contributed by atoms with Crippen molar-refractivity contribution >= 4 is 29.0 Å². The quantitative estimate of drug-likeness (QED) is 0.460. The Labute approximate surface area is 130 Å². The second kappa shape index (κ2) is 9.28. The number of hydrogen-bond acceptors (Lipinski definition) is 3. The molecule has 0 heterocycles. The van der Waals surface area contributed by atoms with Crippen LogP contribution in [0.15, 0.2) is 18.2 Å². The molecule has 0 aromatic heterocycles. The molecule has 0 saturated heterocycles. The molecule has 0 aliphatic rings. The van der Waals surface area contributed by atoms with E-state index in [1.807, 2.05) is 6.92 Å². The number of methoxy groups -OCH3 is 1. The molecule has 0 unspecified atom stereocenters. The zero-order valence-electron chi connectivity index (χ0n) is 12.4. The Morgan fingerprint density at radius 2 is 2.10 bits per heavy atom. The number of unbranched alkanes of at least 4 members (excludes halogenated alkanes) is 2. The van der Waals surface area contributed by atoms with Gasteiger partial charge in [0.2, 0.25) is 0 Å². The van der Waals surface area contributed by atoms with Gasteiger partial charge in [-0.3, -0.25) is 4.79 Å². The molecule has 0 saturated carbocycles. The third kappa shape index (κ3) is 7.04. The highest BCUT2D eigenvalue weighted by molar-refractivity contribution is 7.80. The summed E-state index contributed by atoms with van der Waals surface area (Å²) >= 11 is 5.11. The fourth-order valence-electron chi connectivity index (χ4n) is 1.78. The summed E-state index contributed by atoms with van der Waals surface area (Å²) in [5.74, 6) is -0.516. The van der Waals surface area contributed by atoms with E-state index in [4.69, 9.17) is 12.2 Å². The Morgan fingerprint density at radius 1 is 1.33 bits per heavy atom.